The van der Waals surface area contributed by atoms with Crippen LogP contribution in [0.2, 0.25) is 5.02 Å². The van der Waals surface area contributed by atoms with E-state index in [-0.39, 0.29) is 17.1 Å². The third-order valence-corrected chi connectivity index (χ3v) is 5.32. The maximum atomic E-state index is 13.4. The van der Waals surface area contributed by atoms with E-state index in [2.05, 4.69) is 0 Å². The van der Waals surface area contributed by atoms with Gasteiger partial charge in [0, 0.05) is 21.0 Å². The summed E-state index contributed by atoms with van der Waals surface area (Å²) in [6.07, 6.45) is 0. The summed E-state index contributed by atoms with van der Waals surface area (Å²) in [5.74, 6) is 0.337. The maximum absolute atomic E-state index is 13.4. The second-order valence-corrected chi connectivity index (χ2v) is 7.48. The molecule has 0 fully saturated rings. The Morgan fingerprint density at radius 1 is 1.15 bits per heavy atom. The van der Waals surface area contributed by atoms with Crippen LogP contribution in [0.1, 0.15) is 28.4 Å². The molecule has 3 rings (SSSR count). The van der Waals surface area contributed by atoms with E-state index in [0.29, 0.717) is 32.4 Å². The van der Waals surface area contributed by atoms with Gasteiger partial charge < -0.3 is 5.11 Å². The number of ketones is 1. The van der Waals surface area contributed by atoms with Gasteiger partial charge in [0.25, 0.3) is 0 Å². The van der Waals surface area contributed by atoms with Crippen LogP contribution < -0.4 is 0 Å². The van der Waals surface area contributed by atoms with E-state index in [9.17, 15) is 15.2 Å². The number of thioether (sulfide) groups is 1. The number of carbonyl (C=O) groups is 1. The Labute approximate surface area is 167 Å². The van der Waals surface area contributed by atoms with Gasteiger partial charge in [-0.05, 0) is 35.1 Å². The average Bonchev–Trinajstić information content (AvgIpc) is 2.69. The van der Waals surface area contributed by atoms with E-state index in [1.54, 1.807) is 48.5 Å². The minimum absolute atomic E-state index is 0.124. The third-order valence-electron chi connectivity index (χ3n) is 4.08. The first-order chi connectivity index (χ1) is 13.1. The van der Waals surface area contributed by atoms with Gasteiger partial charge in [-0.25, -0.2) is 0 Å². The highest BCUT2D eigenvalue weighted by Crippen LogP contribution is 2.40. The molecule has 0 bridgehead atoms. The molecule has 0 aliphatic carbocycles. The topological polar surface area (TPSA) is 61.1 Å². The predicted octanol–water partition coefficient (Wildman–Crippen LogP) is 5.93. The van der Waals surface area contributed by atoms with Crippen LogP contribution in [0.5, 0.6) is 5.75 Å². The maximum Gasteiger partial charge on any atom is 0.194 e. The Morgan fingerprint density at radius 3 is 2.41 bits per heavy atom. The highest BCUT2D eigenvalue weighted by atomic mass is 35.5. The summed E-state index contributed by atoms with van der Waals surface area (Å²) in [6, 6.07) is 19.5. The Balaban J connectivity index is 2.34. The standard InChI is InChI=1S/C22H16ClNO2S/c1-2-27-22-18(13-24)19(25)12-17(14-8-10-16(23)11-9-14)20(22)21(26)15-6-4-3-5-7-15/h3-12,25H,2H2,1H3. The number of hydrogen-bond acceptors (Lipinski definition) is 4. The molecule has 3 nitrogen and oxygen atoms in total. The largest absolute Gasteiger partial charge is 0.507 e. The van der Waals surface area contributed by atoms with Crippen molar-refractivity contribution < 1.29 is 9.90 Å². The zero-order valence-electron chi connectivity index (χ0n) is 14.6. The van der Waals surface area contributed by atoms with Crippen molar-refractivity contribution in [2.75, 3.05) is 5.75 Å². The van der Waals surface area contributed by atoms with Crippen LogP contribution in [-0.2, 0) is 0 Å². The Bertz CT molecular complexity index is 1020. The van der Waals surface area contributed by atoms with Crippen molar-refractivity contribution in [2.24, 2.45) is 0 Å². The number of phenols is 1. The lowest BCUT2D eigenvalue weighted by Crippen LogP contribution is -2.07. The Hall–Kier alpha value is -2.74. The van der Waals surface area contributed by atoms with Crippen molar-refractivity contribution in [1.82, 2.24) is 0 Å². The lowest BCUT2D eigenvalue weighted by atomic mass is 9.91. The van der Waals surface area contributed by atoms with Gasteiger partial charge >= 0.3 is 0 Å². The predicted molar refractivity (Wildman–Crippen MR) is 110 cm³/mol. The van der Waals surface area contributed by atoms with Crippen molar-refractivity contribution in [2.45, 2.75) is 11.8 Å². The van der Waals surface area contributed by atoms with Crippen molar-refractivity contribution >= 4 is 29.1 Å². The van der Waals surface area contributed by atoms with E-state index in [1.807, 2.05) is 19.1 Å². The minimum Gasteiger partial charge on any atom is -0.507 e. The summed E-state index contributed by atoms with van der Waals surface area (Å²) in [4.78, 5) is 13.9. The monoisotopic (exact) mass is 393 g/mol. The van der Waals surface area contributed by atoms with Crippen LogP contribution in [-0.4, -0.2) is 16.6 Å². The molecule has 3 aromatic rings. The van der Waals surface area contributed by atoms with Gasteiger partial charge in [-0.1, -0.05) is 61.0 Å². The summed E-state index contributed by atoms with van der Waals surface area (Å²) in [5.41, 5.74) is 2.40. The normalized spacial score (nSPS) is 10.4. The molecule has 0 spiro atoms. The number of aromatic hydroxyl groups is 1. The first-order valence-corrected chi connectivity index (χ1v) is 9.71. The summed E-state index contributed by atoms with van der Waals surface area (Å²) in [5, 5.41) is 20.5. The number of rotatable bonds is 5. The van der Waals surface area contributed by atoms with E-state index in [4.69, 9.17) is 11.6 Å². The quantitative estimate of drug-likeness (QED) is 0.431. The molecule has 0 aromatic heterocycles. The fourth-order valence-electron chi connectivity index (χ4n) is 2.86. The zero-order valence-corrected chi connectivity index (χ0v) is 16.1. The van der Waals surface area contributed by atoms with Gasteiger partial charge in [-0.2, -0.15) is 5.26 Å². The number of hydrogen-bond donors (Lipinski definition) is 1. The highest BCUT2D eigenvalue weighted by molar-refractivity contribution is 7.99. The molecular formula is C22H16ClNO2S. The lowest BCUT2D eigenvalue weighted by Gasteiger charge is -2.17. The van der Waals surface area contributed by atoms with Crippen LogP contribution in [0.15, 0.2) is 65.6 Å². The molecule has 0 saturated carbocycles. The molecule has 134 valence electrons. The fraction of sp³-hybridized carbons (Fsp3) is 0.0909. The van der Waals surface area contributed by atoms with Crippen molar-refractivity contribution in [3.63, 3.8) is 0 Å². The van der Waals surface area contributed by atoms with Crippen molar-refractivity contribution in [3.8, 4) is 22.9 Å². The van der Waals surface area contributed by atoms with Crippen LogP contribution in [0.4, 0.5) is 0 Å². The molecule has 27 heavy (non-hydrogen) atoms. The molecule has 0 aliphatic rings. The van der Waals surface area contributed by atoms with Crippen molar-refractivity contribution in [1.29, 1.82) is 5.26 Å². The molecule has 0 amide bonds. The fourth-order valence-corrected chi connectivity index (χ4v) is 3.91. The molecule has 0 unspecified atom stereocenters. The lowest BCUT2D eigenvalue weighted by molar-refractivity contribution is 0.103. The zero-order chi connectivity index (χ0) is 19.4. The summed E-state index contributed by atoms with van der Waals surface area (Å²) in [6.45, 7) is 1.94. The number of phenolic OH excluding ortho intramolecular Hbond substituents is 1. The molecular weight excluding hydrogens is 378 g/mol. The van der Waals surface area contributed by atoms with E-state index in [0.717, 1.165) is 5.56 Å². The van der Waals surface area contributed by atoms with Crippen LogP contribution in [0.25, 0.3) is 11.1 Å². The molecule has 0 radical (unpaired) electrons. The number of carbonyl (C=O) groups excluding carboxylic acids is 1. The first kappa shape index (κ1) is 19.0. The minimum atomic E-state index is -0.187. The van der Waals surface area contributed by atoms with E-state index >= 15 is 0 Å². The van der Waals surface area contributed by atoms with Crippen LogP contribution in [0.3, 0.4) is 0 Å². The number of halogens is 1. The van der Waals surface area contributed by atoms with Gasteiger partial charge in [-0.15, -0.1) is 11.8 Å². The van der Waals surface area contributed by atoms with Crippen LogP contribution in [0, 0.1) is 11.3 Å². The van der Waals surface area contributed by atoms with Gasteiger partial charge in [0.15, 0.2) is 5.78 Å². The summed E-state index contributed by atoms with van der Waals surface area (Å²) in [7, 11) is 0. The Morgan fingerprint density at radius 2 is 1.81 bits per heavy atom. The molecule has 0 aliphatic heterocycles. The van der Waals surface area contributed by atoms with Gasteiger partial charge in [0.1, 0.15) is 17.4 Å². The van der Waals surface area contributed by atoms with Crippen molar-refractivity contribution in [3.05, 3.63) is 82.4 Å². The number of nitriles is 1. The average molecular weight is 394 g/mol. The van der Waals surface area contributed by atoms with E-state index in [1.165, 1.54) is 17.8 Å². The SMILES string of the molecule is CCSc1c(C#N)c(O)cc(-c2ccc(Cl)cc2)c1C(=O)c1ccccc1. The Kier molecular flexibility index (Phi) is 5.85. The molecule has 0 heterocycles. The first-order valence-electron chi connectivity index (χ1n) is 8.35. The third kappa shape index (κ3) is 3.85. The number of nitrogens with zero attached hydrogens (tertiary/aromatic N) is 1. The summed E-state index contributed by atoms with van der Waals surface area (Å²) < 4.78 is 0. The van der Waals surface area contributed by atoms with Gasteiger partial charge in [-0.3, -0.25) is 4.79 Å². The van der Waals surface area contributed by atoms with Crippen LogP contribution >= 0.6 is 23.4 Å². The number of benzene rings is 3. The molecule has 0 atom stereocenters. The summed E-state index contributed by atoms with van der Waals surface area (Å²) >= 11 is 7.37. The second kappa shape index (κ2) is 8.30. The van der Waals surface area contributed by atoms with Gasteiger partial charge in [0.2, 0.25) is 0 Å². The van der Waals surface area contributed by atoms with E-state index < -0.39 is 0 Å². The smallest absolute Gasteiger partial charge is 0.194 e. The molecule has 5 heteroatoms. The van der Waals surface area contributed by atoms with Gasteiger partial charge in [0.05, 0.1) is 0 Å². The molecule has 3 aromatic carbocycles. The molecule has 0 saturated heterocycles. The second-order valence-electron chi connectivity index (χ2n) is 5.77. The highest BCUT2D eigenvalue weighted by Gasteiger charge is 2.24. The molecule has 1 N–H and O–H groups in total.